The molecule has 0 radical (unpaired) electrons. The van der Waals surface area contributed by atoms with Crippen molar-refractivity contribution in [3.8, 4) is 0 Å². The van der Waals surface area contributed by atoms with Crippen molar-refractivity contribution in [1.82, 2.24) is 0 Å². The largest absolute Gasteiger partial charge is 0.233 e. The maximum absolute atomic E-state index is 5.58. The van der Waals surface area contributed by atoms with Crippen LogP contribution in [0.1, 0.15) is 65.2 Å². The number of hydrogen-bond donors (Lipinski definition) is 0. The van der Waals surface area contributed by atoms with Gasteiger partial charge in [-0.1, -0.05) is 51.7 Å². The summed E-state index contributed by atoms with van der Waals surface area (Å²) < 4.78 is 0. The van der Waals surface area contributed by atoms with Gasteiger partial charge in [0.2, 0.25) is 0 Å². The molecule has 0 aliphatic carbocycles. The molecule has 0 spiro atoms. The molecule has 2 nitrogen and oxygen atoms in total. The number of rotatable bonds is 13. The summed E-state index contributed by atoms with van der Waals surface area (Å²) in [4.78, 5) is 11.2. The second-order valence-electron chi connectivity index (χ2n) is 4.77. The molecule has 0 saturated heterocycles. The molecule has 2 heteroatoms. The van der Waals surface area contributed by atoms with E-state index in [-0.39, 0.29) is 12.2 Å². The van der Waals surface area contributed by atoms with Crippen molar-refractivity contribution in [3.05, 3.63) is 25.3 Å². The van der Waals surface area contributed by atoms with Gasteiger partial charge in [-0.2, -0.15) is 0 Å². The predicted octanol–water partition coefficient (Wildman–Crippen LogP) is 5.20. The van der Waals surface area contributed by atoms with Crippen LogP contribution in [0.2, 0.25) is 0 Å². The molecular weight excluding hydrogens is 224 g/mol. The molecule has 0 aliphatic heterocycles. The summed E-state index contributed by atoms with van der Waals surface area (Å²) in [5.74, 6) is 0. The van der Waals surface area contributed by atoms with Crippen molar-refractivity contribution in [2.45, 2.75) is 77.4 Å². The summed E-state index contributed by atoms with van der Waals surface area (Å²) in [5, 5.41) is 0. The highest BCUT2D eigenvalue weighted by molar-refractivity contribution is 4.74. The Morgan fingerprint density at radius 3 is 1.50 bits per heavy atom. The second-order valence-corrected chi connectivity index (χ2v) is 4.77. The van der Waals surface area contributed by atoms with Gasteiger partial charge in [0.15, 0.2) is 0 Å². The molecule has 0 heterocycles. The maximum atomic E-state index is 5.58. The Bertz CT molecular complexity index is 179. The van der Waals surface area contributed by atoms with Crippen LogP contribution in [-0.4, -0.2) is 12.2 Å². The van der Waals surface area contributed by atoms with E-state index in [1.807, 2.05) is 12.2 Å². The van der Waals surface area contributed by atoms with Crippen molar-refractivity contribution in [2.24, 2.45) is 0 Å². The van der Waals surface area contributed by atoms with E-state index in [4.69, 9.17) is 9.78 Å². The lowest BCUT2D eigenvalue weighted by Crippen LogP contribution is -2.19. The average Bonchev–Trinajstić information content (AvgIpc) is 2.38. The van der Waals surface area contributed by atoms with E-state index in [1.54, 1.807) is 0 Å². The SMILES string of the molecule is C=CCC(CCCC)OOC(CC=C)CCCC. The Labute approximate surface area is 113 Å². The predicted molar refractivity (Wildman–Crippen MR) is 78.4 cm³/mol. The van der Waals surface area contributed by atoms with Crippen LogP contribution in [0.3, 0.4) is 0 Å². The van der Waals surface area contributed by atoms with Crippen LogP contribution in [0.5, 0.6) is 0 Å². The molecule has 0 N–H and O–H groups in total. The Morgan fingerprint density at radius 1 is 0.833 bits per heavy atom. The standard InChI is InChI=1S/C16H30O2/c1-5-9-13-15(11-7-3)17-18-16(12-8-4)14-10-6-2/h7-8,15-16H,3-6,9-14H2,1-2H3. The van der Waals surface area contributed by atoms with Crippen molar-refractivity contribution in [1.29, 1.82) is 0 Å². The first-order valence-electron chi connectivity index (χ1n) is 7.32. The van der Waals surface area contributed by atoms with Gasteiger partial charge in [0, 0.05) is 0 Å². The molecule has 0 fully saturated rings. The molecular formula is C16H30O2. The zero-order valence-electron chi connectivity index (χ0n) is 12.2. The van der Waals surface area contributed by atoms with Crippen LogP contribution in [0.15, 0.2) is 25.3 Å². The zero-order valence-corrected chi connectivity index (χ0v) is 12.2. The monoisotopic (exact) mass is 254 g/mol. The summed E-state index contributed by atoms with van der Waals surface area (Å²) in [5.41, 5.74) is 0. The smallest absolute Gasteiger partial charge is 0.0964 e. The third-order valence-electron chi connectivity index (χ3n) is 2.95. The minimum absolute atomic E-state index is 0.149. The highest BCUT2D eigenvalue weighted by atomic mass is 17.2. The Hall–Kier alpha value is -0.600. The minimum Gasteiger partial charge on any atom is -0.233 e. The van der Waals surface area contributed by atoms with E-state index >= 15 is 0 Å². The van der Waals surface area contributed by atoms with Crippen LogP contribution in [0.4, 0.5) is 0 Å². The normalized spacial score (nSPS) is 14.1. The summed E-state index contributed by atoms with van der Waals surface area (Å²) in [6, 6.07) is 0. The second kappa shape index (κ2) is 12.8. The third kappa shape index (κ3) is 9.43. The van der Waals surface area contributed by atoms with Crippen molar-refractivity contribution < 1.29 is 9.78 Å². The first-order valence-corrected chi connectivity index (χ1v) is 7.32. The van der Waals surface area contributed by atoms with E-state index < -0.39 is 0 Å². The zero-order chi connectivity index (χ0) is 13.6. The van der Waals surface area contributed by atoms with Crippen molar-refractivity contribution >= 4 is 0 Å². The van der Waals surface area contributed by atoms with Gasteiger partial charge in [0.25, 0.3) is 0 Å². The quantitative estimate of drug-likeness (QED) is 0.255. The van der Waals surface area contributed by atoms with Crippen LogP contribution in [0, 0.1) is 0 Å². The van der Waals surface area contributed by atoms with Crippen LogP contribution >= 0.6 is 0 Å². The van der Waals surface area contributed by atoms with Crippen LogP contribution < -0.4 is 0 Å². The minimum atomic E-state index is 0.149. The molecule has 2 unspecified atom stereocenters. The molecule has 18 heavy (non-hydrogen) atoms. The lowest BCUT2D eigenvalue weighted by molar-refractivity contribution is -0.351. The summed E-state index contributed by atoms with van der Waals surface area (Å²) >= 11 is 0. The van der Waals surface area contributed by atoms with Gasteiger partial charge in [0.1, 0.15) is 0 Å². The Balaban J connectivity index is 3.99. The molecule has 0 rings (SSSR count). The highest BCUT2D eigenvalue weighted by Crippen LogP contribution is 2.15. The molecule has 2 atom stereocenters. The average molecular weight is 254 g/mol. The fraction of sp³-hybridized carbons (Fsp3) is 0.750. The third-order valence-corrected chi connectivity index (χ3v) is 2.95. The van der Waals surface area contributed by atoms with Gasteiger partial charge < -0.3 is 0 Å². The van der Waals surface area contributed by atoms with Crippen LogP contribution in [0.25, 0.3) is 0 Å². The maximum Gasteiger partial charge on any atom is 0.0964 e. The van der Waals surface area contributed by atoms with Crippen LogP contribution in [-0.2, 0) is 9.78 Å². The Morgan fingerprint density at radius 2 is 1.22 bits per heavy atom. The van der Waals surface area contributed by atoms with Gasteiger partial charge in [0.05, 0.1) is 12.2 Å². The number of hydrogen-bond acceptors (Lipinski definition) is 2. The van der Waals surface area contributed by atoms with Gasteiger partial charge in [-0.05, 0) is 25.7 Å². The fourth-order valence-electron chi connectivity index (χ4n) is 1.80. The van der Waals surface area contributed by atoms with Gasteiger partial charge in [-0.25, -0.2) is 9.78 Å². The lowest BCUT2D eigenvalue weighted by atomic mass is 10.1. The fourth-order valence-corrected chi connectivity index (χ4v) is 1.80. The van der Waals surface area contributed by atoms with E-state index in [0.717, 1.165) is 25.7 Å². The van der Waals surface area contributed by atoms with E-state index in [0.29, 0.717) is 0 Å². The molecule has 0 saturated carbocycles. The van der Waals surface area contributed by atoms with E-state index in [9.17, 15) is 0 Å². The molecule has 0 aromatic heterocycles. The summed E-state index contributed by atoms with van der Waals surface area (Å²) in [6.45, 7) is 11.9. The molecule has 0 amide bonds. The number of unbranched alkanes of at least 4 members (excludes halogenated alkanes) is 2. The first-order chi connectivity index (χ1) is 8.78. The van der Waals surface area contributed by atoms with Crippen molar-refractivity contribution in [2.75, 3.05) is 0 Å². The molecule has 0 aromatic rings. The van der Waals surface area contributed by atoms with Gasteiger partial charge >= 0.3 is 0 Å². The molecule has 0 bridgehead atoms. The summed E-state index contributed by atoms with van der Waals surface area (Å²) in [6.07, 6.45) is 12.6. The lowest BCUT2D eigenvalue weighted by Gasteiger charge is -2.20. The van der Waals surface area contributed by atoms with E-state index in [1.165, 1.54) is 25.7 Å². The molecule has 0 aliphatic rings. The van der Waals surface area contributed by atoms with Gasteiger partial charge in [-0.3, -0.25) is 0 Å². The first kappa shape index (κ1) is 17.4. The van der Waals surface area contributed by atoms with Crippen molar-refractivity contribution in [3.63, 3.8) is 0 Å². The summed E-state index contributed by atoms with van der Waals surface area (Å²) in [7, 11) is 0. The Kier molecular flexibility index (Phi) is 12.4. The highest BCUT2D eigenvalue weighted by Gasteiger charge is 2.13. The molecule has 106 valence electrons. The van der Waals surface area contributed by atoms with E-state index in [2.05, 4.69) is 27.0 Å². The van der Waals surface area contributed by atoms with Gasteiger partial charge in [-0.15, -0.1) is 13.2 Å². The topological polar surface area (TPSA) is 18.5 Å². The molecule has 0 aromatic carbocycles.